The molecule has 158 valence electrons. The van der Waals surface area contributed by atoms with Crippen LogP contribution in [0.1, 0.15) is 18.9 Å². The first-order chi connectivity index (χ1) is 14.5. The first kappa shape index (κ1) is 22.4. The van der Waals surface area contributed by atoms with Crippen molar-refractivity contribution >= 4 is 29.6 Å². The average molecular weight is 412 g/mol. The lowest BCUT2D eigenvalue weighted by Gasteiger charge is -2.08. The number of hydrogen-bond donors (Lipinski definition) is 3. The van der Waals surface area contributed by atoms with Crippen molar-refractivity contribution in [1.82, 2.24) is 10.7 Å². The molecule has 0 unspecified atom stereocenters. The van der Waals surface area contributed by atoms with Gasteiger partial charge in [-0.1, -0.05) is 13.0 Å². The predicted octanol–water partition coefficient (Wildman–Crippen LogP) is 1.69. The molecule has 0 aliphatic carbocycles. The van der Waals surface area contributed by atoms with Gasteiger partial charge in [0.15, 0.2) is 6.61 Å². The first-order valence-corrected chi connectivity index (χ1v) is 9.29. The van der Waals surface area contributed by atoms with E-state index in [9.17, 15) is 14.4 Å². The molecule has 2 rings (SSSR count). The topological polar surface area (TPSA) is 118 Å². The molecule has 30 heavy (non-hydrogen) atoms. The first-order valence-electron chi connectivity index (χ1n) is 9.29. The maximum atomic E-state index is 12.0. The van der Waals surface area contributed by atoms with Crippen LogP contribution in [0.25, 0.3) is 0 Å². The zero-order chi connectivity index (χ0) is 21.8. The molecule has 2 aromatic carbocycles. The molecule has 0 spiro atoms. The molecule has 3 amide bonds. The molecular weight excluding hydrogens is 388 g/mol. The van der Waals surface area contributed by atoms with Gasteiger partial charge in [0, 0.05) is 18.3 Å². The van der Waals surface area contributed by atoms with Crippen LogP contribution in [0.3, 0.4) is 0 Å². The molecule has 0 bridgehead atoms. The molecule has 3 N–H and O–H groups in total. The molecule has 9 nitrogen and oxygen atoms in total. The summed E-state index contributed by atoms with van der Waals surface area (Å²) in [6, 6.07) is 13.7. The molecule has 0 aromatic heterocycles. The summed E-state index contributed by atoms with van der Waals surface area (Å²) in [7, 11) is 1.55. The van der Waals surface area contributed by atoms with Crippen molar-refractivity contribution in [2.75, 3.05) is 25.6 Å². The predicted molar refractivity (Wildman–Crippen MR) is 113 cm³/mol. The van der Waals surface area contributed by atoms with Crippen LogP contribution in [0.4, 0.5) is 5.69 Å². The Morgan fingerprint density at radius 1 is 1.03 bits per heavy atom. The third-order valence-corrected chi connectivity index (χ3v) is 3.73. The van der Waals surface area contributed by atoms with Crippen LogP contribution in [0.15, 0.2) is 53.6 Å². The number of hydrazone groups is 1. The Hall–Kier alpha value is -3.88. The fourth-order valence-corrected chi connectivity index (χ4v) is 2.23. The fourth-order valence-electron chi connectivity index (χ4n) is 2.23. The zero-order valence-corrected chi connectivity index (χ0v) is 16.8. The Bertz CT molecular complexity index is 897. The highest BCUT2D eigenvalue weighted by Crippen LogP contribution is 2.17. The molecule has 0 atom stereocenters. The van der Waals surface area contributed by atoms with E-state index < -0.39 is 11.8 Å². The van der Waals surface area contributed by atoms with Crippen molar-refractivity contribution in [3.05, 3.63) is 54.1 Å². The molecule has 0 fully saturated rings. The van der Waals surface area contributed by atoms with Crippen LogP contribution < -0.4 is 25.5 Å². The molecule has 2 aromatic rings. The largest absolute Gasteiger partial charge is 0.497 e. The Kier molecular flexibility index (Phi) is 8.85. The van der Waals surface area contributed by atoms with Crippen LogP contribution >= 0.6 is 0 Å². The molecule has 9 heteroatoms. The summed E-state index contributed by atoms with van der Waals surface area (Å²) in [6.07, 6.45) is 2.13. The van der Waals surface area contributed by atoms with Gasteiger partial charge in [-0.25, -0.2) is 5.43 Å². The smallest absolute Gasteiger partial charge is 0.329 e. The van der Waals surface area contributed by atoms with E-state index in [0.717, 1.165) is 6.42 Å². The minimum atomic E-state index is -0.832. The van der Waals surface area contributed by atoms with Crippen LogP contribution in [-0.4, -0.2) is 44.2 Å². The molecule has 0 heterocycles. The summed E-state index contributed by atoms with van der Waals surface area (Å²) in [5.74, 6) is -0.732. The van der Waals surface area contributed by atoms with E-state index >= 15 is 0 Å². The summed E-state index contributed by atoms with van der Waals surface area (Å²) >= 11 is 0. The van der Waals surface area contributed by atoms with Gasteiger partial charge in [0.25, 0.3) is 5.91 Å². The summed E-state index contributed by atoms with van der Waals surface area (Å²) < 4.78 is 10.6. The van der Waals surface area contributed by atoms with E-state index in [1.165, 1.54) is 6.21 Å². The highest BCUT2D eigenvalue weighted by atomic mass is 16.5. The lowest BCUT2D eigenvalue weighted by Crippen LogP contribution is -2.38. The van der Waals surface area contributed by atoms with Crippen LogP contribution in [0.5, 0.6) is 11.5 Å². The summed E-state index contributed by atoms with van der Waals surface area (Å²) in [4.78, 5) is 34.9. The second-order valence-electron chi connectivity index (χ2n) is 6.09. The van der Waals surface area contributed by atoms with Crippen LogP contribution in [0.2, 0.25) is 0 Å². The molecule has 0 aliphatic rings. The van der Waals surface area contributed by atoms with Gasteiger partial charge in [0.1, 0.15) is 11.5 Å². The van der Waals surface area contributed by atoms with Gasteiger partial charge < -0.3 is 20.1 Å². The Morgan fingerprint density at radius 3 is 2.50 bits per heavy atom. The van der Waals surface area contributed by atoms with Crippen LogP contribution in [0, 0.1) is 0 Å². The van der Waals surface area contributed by atoms with Gasteiger partial charge in [0.05, 0.1) is 13.3 Å². The van der Waals surface area contributed by atoms with E-state index in [4.69, 9.17) is 9.47 Å². The number of hydrogen-bond acceptors (Lipinski definition) is 6. The molecular formula is C21H24N4O5. The molecule has 0 radical (unpaired) electrons. The van der Waals surface area contributed by atoms with Gasteiger partial charge in [-0.2, -0.15) is 5.10 Å². The minimum Gasteiger partial charge on any atom is -0.497 e. The van der Waals surface area contributed by atoms with E-state index in [1.807, 2.05) is 6.92 Å². The van der Waals surface area contributed by atoms with Crippen molar-refractivity contribution < 1.29 is 23.9 Å². The van der Waals surface area contributed by atoms with Crippen molar-refractivity contribution in [3.8, 4) is 11.5 Å². The number of benzene rings is 2. The monoisotopic (exact) mass is 412 g/mol. The lowest BCUT2D eigenvalue weighted by molar-refractivity contribution is -0.139. The number of methoxy groups -OCH3 is 1. The van der Waals surface area contributed by atoms with Crippen molar-refractivity contribution in [2.24, 2.45) is 5.10 Å². The second kappa shape index (κ2) is 11.8. The van der Waals surface area contributed by atoms with Crippen LogP contribution in [-0.2, 0) is 14.4 Å². The number of carbonyl (C=O) groups is 3. The van der Waals surface area contributed by atoms with Crippen molar-refractivity contribution in [3.63, 3.8) is 0 Å². The summed E-state index contributed by atoms with van der Waals surface area (Å²) in [6.45, 7) is 2.15. The zero-order valence-electron chi connectivity index (χ0n) is 16.8. The van der Waals surface area contributed by atoms with E-state index in [2.05, 4.69) is 21.2 Å². The standard InChI is InChI=1S/C21H24N4O5/c1-3-11-22-20(27)21(28)25-23-13-15-7-9-17(10-8-15)30-14-19(26)24-16-5-4-6-18(12-16)29-2/h4-10,12-13H,3,11,14H2,1-2H3,(H,22,27)(H,24,26)(H,25,28)/b23-13-. The maximum Gasteiger partial charge on any atom is 0.329 e. The normalized spacial score (nSPS) is 10.3. The fraction of sp³-hybridized carbons (Fsp3) is 0.238. The van der Waals surface area contributed by atoms with Gasteiger partial charge in [0.2, 0.25) is 0 Å². The molecule has 0 saturated carbocycles. The number of nitrogens with one attached hydrogen (secondary N) is 3. The van der Waals surface area contributed by atoms with E-state index in [1.54, 1.807) is 55.6 Å². The quantitative estimate of drug-likeness (QED) is 0.329. The second-order valence-corrected chi connectivity index (χ2v) is 6.09. The van der Waals surface area contributed by atoms with Crippen molar-refractivity contribution in [1.29, 1.82) is 0 Å². The highest BCUT2D eigenvalue weighted by Gasteiger charge is 2.10. The highest BCUT2D eigenvalue weighted by molar-refractivity contribution is 6.35. The number of nitrogens with zero attached hydrogens (tertiary/aromatic N) is 1. The van der Waals surface area contributed by atoms with E-state index in [-0.39, 0.29) is 12.5 Å². The van der Waals surface area contributed by atoms with Gasteiger partial charge in [-0.15, -0.1) is 0 Å². The third-order valence-electron chi connectivity index (χ3n) is 3.73. The SMILES string of the molecule is CCCNC(=O)C(=O)N/N=C\c1ccc(OCC(=O)Nc2cccc(OC)c2)cc1. The van der Waals surface area contributed by atoms with E-state index in [0.29, 0.717) is 29.3 Å². The third kappa shape index (κ3) is 7.63. The Labute approximate surface area is 174 Å². The Morgan fingerprint density at radius 2 is 1.80 bits per heavy atom. The van der Waals surface area contributed by atoms with Gasteiger partial charge >= 0.3 is 11.8 Å². The summed E-state index contributed by atoms with van der Waals surface area (Å²) in [5, 5.41) is 8.91. The summed E-state index contributed by atoms with van der Waals surface area (Å²) in [5.41, 5.74) is 3.44. The number of rotatable bonds is 9. The Balaban J connectivity index is 1.77. The van der Waals surface area contributed by atoms with Gasteiger partial charge in [-0.05, 0) is 48.4 Å². The molecule has 0 saturated heterocycles. The average Bonchev–Trinajstić information content (AvgIpc) is 2.76. The van der Waals surface area contributed by atoms with Gasteiger partial charge in [-0.3, -0.25) is 14.4 Å². The number of ether oxygens (including phenoxy) is 2. The number of anilines is 1. The van der Waals surface area contributed by atoms with Crippen molar-refractivity contribution in [2.45, 2.75) is 13.3 Å². The maximum absolute atomic E-state index is 12.0. The minimum absolute atomic E-state index is 0.159. The molecule has 0 aliphatic heterocycles. The number of carbonyl (C=O) groups excluding carboxylic acids is 3. The number of amides is 3. The lowest BCUT2D eigenvalue weighted by atomic mass is 10.2.